The largest absolute Gasteiger partial charge is 0.573 e. The number of rotatable bonds is 4. The quantitative estimate of drug-likeness (QED) is 0.544. The first-order valence-electron chi connectivity index (χ1n) is 9.32. The monoisotopic (exact) mass is 436 g/mol. The van der Waals surface area contributed by atoms with Crippen LogP contribution in [0.1, 0.15) is 5.56 Å². The van der Waals surface area contributed by atoms with E-state index in [1.165, 1.54) is 36.4 Å². The number of hydrogen-bond donors (Lipinski definition) is 0. The lowest BCUT2D eigenvalue weighted by molar-refractivity contribution is -0.274. The summed E-state index contributed by atoms with van der Waals surface area (Å²) in [4.78, 5) is 29.1. The molecule has 2 aliphatic heterocycles. The molecule has 0 N–H and O–H groups in total. The van der Waals surface area contributed by atoms with Crippen LogP contribution in [0.5, 0.6) is 5.75 Å². The smallest absolute Gasteiger partial charge is 0.406 e. The molecule has 0 unspecified atom stereocenters. The zero-order valence-electron chi connectivity index (χ0n) is 16.0. The molecule has 2 amide bonds. The van der Waals surface area contributed by atoms with Crippen molar-refractivity contribution in [2.45, 2.75) is 6.36 Å². The Bertz CT molecular complexity index is 1030. The first-order chi connectivity index (χ1) is 14.7. The Balaban J connectivity index is 1.71. The van der Waals surface area contributed by atoms with Crippen molar-refractivity contribution >= 4 is 23.1 Å². The molecule has 31 heavy (non-hydrogen) atoms. The van der Waals surface area contributed by atoms with Gasteiger partial charge in [-0.25, -0.2) is 9.29 Å². The summed E-state index contributed by atoms with van der Waals surface area (Å²) in [5.74, 6) is -2.24. The van der Waals surface area contributed by atoms with Crippen LogP contribution in [0.15, 0.2) is 54.2 Å². The molecule has 1 fully saturated rings. The lowest BCUT2D eigenvalue weighted by atomic mass is 10.0. The molecule has 2 aromatic carbocycles. The van der Waals surface area contributed by atoms with Gasteiger partial charge in [-0.15, -0.1) is 13.2 Å². The average Bonchev–Trinajstić information content (AvgIpc) is 2.99. The van der Waals surface area contributed by atoms with Crippen molar-refractivity contribution in [1.29, 1.82) is 0 Å². The Kier molecular flexibility index (Phi) is 5.40. The van der Waals surface area contributed by atoms with Crippen molar-refractivity contribution in [3.63, 3.8) is 0 Å². The van der Waals surface area contributed by atoms with Gasteiger partial charge in [0.2, 0.25) is 0 Å². The van der Waals surface area contributed by atoms with E-state index in [-0.39, 0.29) is 17.0 Å². The predicted octanol–water partition coefficient (Wildman–Crippen LogP) is 3.34. The summed E-state index contributed by atoms with van der Waals surface area (Å²) in [7, 11) is 0. The van der Waals surface area contributed by atoms with Crippen LogP contribution in [-0.2, 0) is 14.3 Å². The number of alkyl halides is 3. The van der Waals surface area contributed by atoms with Crippen LogP contribution < -0.4 is 9.64 Å². The molecule has 162 valence electrons. The lowest BCUT2D eigenvalue weighted by Crippen LogP contribution is -2.40. The van der Waals surface area contributed by atoms with Crippen molar-refractivity contribution in [1.82, 2.24) is 4.90 Å². The highest BCUT2D eigenvalue weighted by Crippen LogP contribution is 2.36. The molecule has 2 heterocycles. The molecule has 0 aromatic heterocycles. The molecule has 0 saturated carbocycles. The number of halogens is 4. The zero-order chi connectivity index (χ0) is 22.2. The minimum Gasteiger partial charge on any atom is -0.406 e. The number of carbonyl (C=O) groups is 2. The molecule has 1 saturated heterocycles. The Morgan fingerprint density at radius 2 is 1.48 bits per heavy atom. The number of benzene rings is 2. The minimum atomic E-state index is -4.86. The van der Waals surface area contributed by atoms with Crippen molar-refractivity contribution in [2.75, 3.05) is 31.2 Å². The lowest BCUT2D eigenvalue weighted by Gasteiger charge is -2.29. The van der Waals surface area contributed by atoms with Crippen LogP contribution in [0.25, 0.3) is 5.57 Å². The summed E-state index contributed by atoms with van der Waals surface area (Å²) < 4.78 is 59.8. The van der Waals surface area contributed by atoms with Crippen molar-refractivity contribution in [3.05, 3.63) is 65.6 Å². The van der Waals surface area contributed by atoms with Crippen LogP contribution in [-0.4, -0.2) is 49.4 Å². The fourth-order valence-corrected chi connectivity index (χ4v) is 3.51. The molecule has 0 aliphatic carbocycles. The van der Waals surface area contributed by atoms with Gasteiger partial charge in [0.15, 0.2) is 0 Å². The Hall–Kier alpha value is -3.40. The second-order valence-electron chi connectivity index (χ2n) is 6.82. The normalized spacial score (nSPS) is 17.5. The van der Waals surface area contributed by atoms with Crippen molar-refractivity contribution in [3.8, 4) is 5.75 Å². The average molecular weight is 436 g/mol. The highest BCUT2D eigenvalue weighted by atomic mass is 19.4. The Morgan fingerprint density at radius 1 is 0.871 bits per heavy atom. The summed E-state index contributed by atoms with van der Waals surface area (Å²) in [6, 6.07) is 9.61. The maximum Gasteiger partial charge on any atom is 0.573 e. The molecule has 0 radical (unpaired) electrons. The molecule has 10 heteroatoms. The van der Waals surface area contributed by atoms with Gasteiger partial charge in [0.1, 0.15) is 17.3 Å². The second kappa shape index (κ2) is 8.03. The number of ether oxygens (including phenoxy) is 2. The van der Waals surface area contributed by atoms with Gasteiger partial charge < -0.3 is 14.4 Å². The molecule has 0 spiro atoms. The highest BCUT2D eigenvalue weighted by molar-refractivity contribution is 6.45. The van der Waals surface area contributed by atoms with E-state index in [1.54, 1.807) is 4.90 Å². The first-order valence-corrected chi connectivity index (χ1v) is 9.32. The summed E-state index contributed by atoms with van der Waals surface area (Å²) in [6.45, 7) is 1.49. The van der Waals surface area contributed by atoms with Crippen LogP contribution in [0, 0.1) is 5.82 Å². The SMILES string of the molecule is O=C1C(c2ccc(F)cc2)=C(N2CCOCC2)C(=O)N1c1ccc(OC(F)(F)F)cc1. The Labute approximate surface area is 174 Å². The molecule has 2 aromatic rings. The molecule has 6 nitrogen and oxygen atoms in total. The number of hydrogen-bond acceptors (Lipinski definition) is 5. The first kappa shape index (κ1) is 20.9. The van der Waals surface area contributed by atoms with E-state index in [0.29, 0.717) is 31.9 Å². The second-order valence-corrected chi connectivity index (χ2v) is 6.82. The molecule has 0 bridgehead atoms. The van der Waals surface area contributed by atoms with E-state index in [0.717, 1.165) is 17.0 Å². The summed E-state index contributed by atoms with van der Waals surface area (Å²) in [5.41, 5.74) is 0.700. The third-order valence-corrected chi connectivity index (χ3v) is 4.85. The number of carbonyl (C=O) groups excluding carboxylic acids is 2. The van der Waals surface area contributed by atoms with Crippen molar-refractivity contribution in [2.24, 2.45) is 0 Å². The van der Waals surface area contributed by atoms with Gasteiger partial charge >= 0.3 is 6.36 Å². The van der Waals surface area contributed by atoms with E-state index >= 15 is 0 Å². The number of nitrogens with zero attached hydrogens (tertiary/aromatic N) is 2. The van der Waals surface area contributed by atoms with Crippen LogP contribution in [0.3, 0.4) is 0 Å². The molecule has 2 aliphatic rings. The van der Waals surface area contributed by atoms with Crippen LogP contribution in [0.4, 0.5) is 23.2 Å². The molecular formula is C21H16F4N2O4. The standard InChI is InChI=1S/C21H16F4N2O4/c22-14-3-1-13(2-4-14)17-18(26-9-11-30-12-10-26)20(29)27(19(17)28)15-5-7-16(8-6-15)31-21(23,24)25/h1-8H,9-12H2. The Morgan fingerprint density at radius 3 is 2.06 bits per heavy atom. The maximum absolute atomic E-state index is 13.4. The van der Waals surface area contributed by atoms with Gasteiger partial charge in [-0.2, -0.15) is 0 Å². The fraction of sp³-hybridized carbons (Fsp3) is 0.238. The summed E-state index contributed by atoms with van der Waals surface area (Å²) >= 11 is 0. The number of amides is 2. The van der Waals surface area contributed by atoms with Gasteiger partial charge in [-0.05, 0) is 42.0 Å². The number of anilines is 1. The van der Waals surface area contributed by atoms with E-state index in [1.807, 2.05) is 0 Å². The highest BCUT2D eigenvalue weighted by Gasteiger charge is 2.43. The van der Waals surface area contributed by atoms with E-state index in [9.17, 15) is 27.2 Å². The number of imide groups is 1. The fourth-order valence-electron chi connectivity index (χ4n) is 3.51. The minimum absolute atomic E-state index is 0.0902. The van der Waals surface area contributed by atoms with Gasteiger partial charge in [-0.3, -0.25) is 9.59 Å². The zero-order valence-corrected chi connectivity index (χ0v) is 16.0. The third-order valence-electron chi connectivity index (χ3n) is 4.85. The molecule has 0 atom stereocenters. The topological polar surface area (TPSA) is 59.1 Å². The van der Waals surface area contributed by atoms with E-state index in [2.05, 4.69) is 4.74 Å². The van der Waals surface area contributed by atoms with Gasteiger partial charge in [0.05, 0.1) is 24.5 Å². The van der Waals surface area contributed by atoms with Gasteiger partial charge in [0.25, 0.3) is 11.8 Å². The van der Waals surface area contributed by atoms with E-state index in [4.69, 9.17) is 4.74 Å². The van der Waals surface area contributed by atoms with Crippen LogP contribution >= 0.6 is 0 Å². The molecule has 4 rings (SSSR count). The maximum atomic E-state index is 13.4. The summed E-state index contributed by atoms with van der Waals surface area (Å²) in [6.07, 6.45) is -4.86. The van der Waals surface area contributed by atoms with E-state index < -0.39 is 29.7 Å². The third kappa shape index (κ3) is 4.24. The van der Waals surface area contributed by atoms with Gasteiger partial charge in [0, 0.05) is 13.1 Å². The van der Waals surface area contributed by atoms with Crippen LogP contribution in [0.2, 0.25) is 0 Å². The van der Waals surface area contributed by atoms with Crippen molar-refractivity contribution < 1.29 is 36.6 Å². The van der Waals surface area contributed by atoms with Gasteiger partial charge in [-0.1, -0.05) is 12.1 Å². The molecular weight excluding hydrogens is 420 g/mol. The summed E-state index contributed by atoms with van der Waals surface area (Å²) in [5, 5.41) is 0. The predicted molar refractivity (Wildman–Crippen MR) is 101 cm³/mol. The number of morpholine rings is 1.